The first-order valence-corrected chi connectivity index (χ1v) is 8.62. The van der Waals surface area contributed by atoms with E-state index in [1.807, 2.05) is 38.1 Å². The number of benzene rings is 2. The molecule has 2 aromatic carbocycles. The maximum atomic E-state index is 13.4. The number of carbonyl (C=O) groups excluding carboxylic acids is 1. The second-order valence-electron chi connectivity index (χ2n) is 5.84. The van der Waals surface area contributed by atoms with Gasteiger partial charge in [0.1, 0.15) is 10.7 Å². The monoisotopic (exact) mass is 355 g/mol. The summed E-state index contributed by atoms with van der Waals surface area (Å²) in [7, 11) is 0. The van der Waals surface area contributed by atoms with Crippen LogP contribution in [0.25, 0.3) is 0 Å². The van der Waals surface area contributed by atoms with Gasteiger partial charge in [0, 0.05) is 11.4 Å². The van der Waals surface area contributed by atoms with Crippen LogP contribution in [0.1, 0.15) is 26.5 Å². The number of anilines is 3. The van der Waals surface area contributed by atoms with E-state index in [-0.39, 0.29) is 11.7 Å². The van der Waals surface area contributed by atoms with E-state index in [0.717, 1.165) is 11.3 Å². The number of hydrogen-bond donors (Lipinski definition) is 2. The summed E-state index contributed by atoms with van der Waals surface area (Å²) in [5.41, 5.74) is 3.98. The fraction of sp³-hybridized carbons (Fsp3) is 0.158. The molecule has 4 nitrogen and oxygen atoms in total. The number of amides is 1. The Hall–Kier alpha value is -2.73. The lowest BCUT2D eigenvalue weighted by Crippen LogP contribution is -2.12. The van der Waals surface area contributed by atoms with E-state index in [1.165, 1.54) is 29.0 Å². The largest absolute Gasteiger partial charge is 0.332 e. The van der Waals surface area contributed by atoms with Crippen LogP contribution in [-0.2, 0) is 0 Å². The SMILES string of the molecule is Cc1ccc(Nc2nc(C)c(C(=O)Nc3cc(F)ccc3C)s2)cc1. The second-order valence-corrected chi connectivity index (χ2v) is 6.84. The molecule has 3 aromatic rings. The lowest BCUT2D eigenvalue weighted by atomic mass is 10.2. The minimum atomic E-state index is -0.386. The molecule has 25 heavy (non-hydrogen) atoms. The van der Waals surface area contributed by atoms with Crippen molar-refractivity contribution >= 4 is 33.8 Å². The van der Waals surface area contributed by atoms with Crippen LogP contribution < -0.4 is 10.6 Å². The second kappa shape index (κ2) is 7.03. The summed E-state index contributed by atoms with van der Waals surface area (Å²) in [4.78, 5) is 17.4. The van der Waals surface area contributed by atoms with Gasteiger partial charge in [0.2, 0.25) is 0 Å². The predicted octanol–water partition coefficient (Wildman–Crippen LogP) is 5.20. The average Bonchev–Trinajstić information content (AvgIpc) is 2.93. The van der Waals surface area contributed by atoms with Crippen molar-refractivity contribution in [3.8, 4) is 0 Å². The zero-order valence-corrected chi connectivity index (χ0v) is 15.0. The third-order valence-corrected chi connectivity index (χ3v) is 4.83. The average molecular weight is 355 g/mol. The molecule has 0 atom stereocenters. The van der Waals surface area contributed by atoms with E-state index in [1.54, 1.807) is 13.0 Å². The predicted molar refractivity (Wildman–Crippen MR) is 100 cm³/mol. The van der Waals surface area contributed by atoms with E-state index in [0.29, 0.717) is 21.4 Å². The number of nitrogens with one attached hydrogen (secondary N) is 2. The summed E-state index contributed by atoms with van der Waals surface area (Å²) in [5.74, 6) is -0.677. The zero-order valence-electron chi connectivity index (χ0n) is 14.2. The van der Waals surface area contributed by atoms with Gasteiger partial charge in [0.15, 0.2) is 5.13 Å². The van der Waals surface area contributed by atoms with Gasteiger partial charge in [-0.25, -0.2) is 9.37 Å². The molecular weight excluding hydrogens is 337 g/mol. The van der Waals surface area contributed by atoms with Crippen LogP contribution in [-0.4, -0.2) is 10.9 Å². The first-order chi connectivity index (χ1) is 11.9. The van der Waals surface area contributed by atoms with Crippen LogP contribution in [0.5, 0.6) is 0 Å². The van der Waals surface area contributed by atoms with E-state index in [4.69, 9.17) is 0 Å². The van der Waals surface area contributed by atoms with Crippen molar-refractivity contribution in [3.05, 3.63) is 70.0 Å². The van der Waals surface area contributed by atoms with Gasteiger partial charge in [-0.1, -0.05) is 35.1 Å². The summed E-state index contributed by atoms with van der Waals surface area (Å²) < 4.78 is 13.4. The minimum Gasteiger partial charge on any atom is -0.332 e. The number of nitrogens with zero attached hydrogens (tertiary/aromatic N) is 1. The maximum Gasteiger partial charge on any atom is 0.267 e. The highest BCUT2D eigenvalue weighted by Gasteiger charge is 2.16. The van der Waals surface area contributed by atoms with Gasteiger partial charge in [-0.05, 0) is 50.6 Å². The minimum absolute atomic E-state index is 0.291. The number of aromatic nitrogens is 1. The Morgan fingerprint density at radius 3 is 2.52 bits per heavy atom. The van der Waals surface area contributed by atoms with Gasteiger partial charge in [-0.2, -0.15) is 0 Å². The fourth-order valence-electron chi connectivity index (χ4n) is 2.33. The Bertz CT molecular complexity index is 919. The van der Waals surface area contributed by atoms with Gasteiger partial charge in [0.25, 0.3) is 5.91 Å². The van der Waals surface area contributed by atoms with E-state index >= 15 is 0 Å². The van der Waals surface area contributed by atoms with Crippen LogP contribution in [0.3, 0.4) is 0 Å². The summed E-state index contributed by atoms with van der Waals surface area (Å²) in [5, 5.41) is 6.60. The number of rotatable bonds is 4. The van der Waals surface area contributed by atoms with E-state index in [2.05, 4.69) is 15.6 Å². The van der Waals surface area contributed by atoms with Crippen molar-refractivity contribution in [2.24, 2.45) is 0 Å². The molecule has 1 heterocycles. The molecule has 2 N–H and O–H groups in total. The Kier molecular flexibility index (Phi) is 4.81. The molecule has 0 saturated heterocycles. The molecule has 3 rings (SSSR count). The van der Waals surface area contributed by atoms with Crippen LogP contribution in [0, 0.1) is 26.6 Å². The molecule has 0 aliphatic heterocycles. The van der Waals surface area contributed by atoms with Crippen LogP contribution >= 0.6 is 11.3 Å². The number of hydrogen-bond acceptors (Lipinski definition) is 4. The smallest absolute Gasteiger partial charge is 0.267 e. The first kappa shape index (κ1) is 17.1. The normalized spacial score (nSPS) is 10.6. The molecule has 1 aromatic heterocycles. The van der Waals surface area contributed by atoms with Gasteiger partial charge in [0.05, 0.1) is 5.69 Å². The molecule has 128 valence electrons. The number of aryl methyl sites for hydroxylation is 3. The maximum absolute atomic E-state index is 13.4. The standard InChI is InChI=1S/C19H18FN3OS/c1-11-4-8-15(9-5-11)22-19-21-13(3)17(25-19)18(24)23-16-10-14(20)7-6-12(16)2/h4-10H,1-3H3,(H,21,22)(H,23,24). The summed E-state index contributed by atoms with van der Waals surface area (Å²) >= 11 is 1.27. The number of thiazole rings is 1. The highest BCUT2D eigenvalue weighted by atomic mass is 32.1. The molecule has 1 amide bonds. The summed E-state index contributed by atoms with van der Waals surface area (Å²) in [6.45, 7) is 5.62. The first-order valence-electron chi connectivity index (χ1n) is 7.81. The lowest BCUT2D eigenvalue weighted by Gasteiger charge is -2.07. The Morgan fingerprint density at radius 2 is 1.80 bits per heavy atom. The van der Waals surface area contributed by atoms with Crippen LogP contribution in [0.2, 0.25) is 0 Å². The van der Waals surface area contributed by atoms with Crippen LogP contribution in [0.15, 0.2) is 42.5 Å². The van der Waals surface area contributed by atoms with Crippen molar-refractivity contribution in [2.45, 2.75) is 20.8 Å². The molecule has 0 aliphatic rings. The lowest BCUT2D eigenvalue weighted by molar-refractivity contribution is 0.102. The van der Waals surface area contributed by atoms with Crippen LogP contribution in [0.4, 0.5) is 20.9 Å². The van der Waals surface area contributed by atoms with Crippen molar-refractivity contribution in [1.29, 1.82) is 0 Å². The van der Waals surface area contributed by atoms with Crippen molar-refractivity contribution in [3.63, 3.8) is 0 Å². The summed E-state index contributed by atoms with van der Waals surface area (Å²) in [6.07, 6.45) is 0. The molecule has 0 radical (unpaired) electrons. The molecule has 0 bridgehead atoms. The zero-order chi connectivity index (χ0) is 18.0. The molecule has 0 saturated carbocycles. The van der Waals surface area contributed by atoms with Gasteiger partial charge < -0.3 is 10.6 Å². The molecule has 6 heteroatoms. The third-order valence-electron chi connectivity index (χ3n) is 3.75. The number of halogens is 1. The molecule has 0 fully saturated rings. The molecular formula is C19H18FN3OS. The molecule has 0 unspecified atom stereocenters. The van der Waals surface area contributed by atoms with Gasteiger partial charge >= 0.3 is 0 Å². The highest BCUT2D eigenvalue weighted by molar-refractivity contribution is 7.17. The van der Waals surface area contributed by atoms with E-state index in [9.17, 15) is 9.18 Å². The topological polar surface area (TPSA) is 54.0 Å². The Morgan fingerprint density at radius 1 is 1.08 bits per heavy atom. The quantitative estimate of drug-likeness (QED) is 0.676. The molecule has 0 spiro atoms. The van der Waals surface area contributed by atoms with E-state index < -0.39 is 0 Å². The van der Waals surface area contributed by atoms with Crippen molar-refractivity contribution in [2.75, 3.05) is 10.6 Å². The summed E-state index contributed by atoms with van der Waals surface area (Å²) in [6, 6.07) is 12.2. The molecule has 0 aliphatic carbocycles. The van der Waals surface area contributed by atoms with Gasteiger partial charge in [-0.15, -0.1) is 0 Å². The number of carbonyl (C=O) groups is 1. The highest BCUT2D eigenvalue weighted by Crippen LogP contribution is 2.27. The van der Waals surface area contributed by atoms with Crippen molar-refractivity contribution < 1.29 is 9.18 Å². The fourth-order valence-corrected chi connectivity index (χ4v) is 3.21. The van der Waals surface area contributed by atoms with Gasteiger partial charge in [-0.3, -0.25) is 4.79 Å². The Balaban J connectivity index is 1.78. The Labute approximate surface area is 149 Å². The third kappa shape index (κ3) is 4.03. The van der Waals surface area contributed by atoms with Crippen molar-refractivity contribution in [1.82, 2.24) is 4.98 Å².